The highest BCUT2D eigenvalue weighted by Crippen LogP contribution is 2.37. The van der Waals surface area contributed by atoms with Crippen LogP contribution in [-0.2, 0) is 0 Å². The van der Waals surface area contributed by atoms with Crippen molar-refractivity contribution in [2.45, 2.75) is 19.6 Å². The molecule has 2 rings (SSSR count). The number of carbonyl (C=O) groups is 1. The van der Waals surface area contributed by atoms with Crippen LogP contribution in [0.1, 0.15) is 35.5 Å². The van der Waals surface area contributed by atoms with Crippen LogP contribution >= 0.6 is 0 Å². The van der Waals surface area contributed by atoms with Crippen molar-refractivity contribution in [2.24, 2.45) is 0 Å². The zero-order valence-electron chi connectivity index (χ0n) is 9.43. The van der Waals surface area contributed by atoms with Crippen molar-refractivity contribution in [2.75, 3.05) is 13.7 Å². The molecule has 0 aromatic heterocycles. The molecule has 4 nitrogen and oxygen atoms in total. The van der Waals surface area contributed by atoms with Crippen LogP contribution in [0, 0.1) is 0 Å². The fourth-order valence-electron chi connectivity index (χ4n) is 2.06. The number of aliphatic hydroxyl groups excluding tert-OH is 1. The molecule has 0 saturated carbocycles. The second-order valence-corrected chi connectivity index (χ2v) is 3.79. The summed E-state index contributed by atoms with van der Waals surface area (Å²) >= 11 is 0. The van der Waals surface area contributed by atoms with Crippen molar-refractivity contribution in [1.82, 2.24) is 4.90 Å². The first kappa shape index (κ1) is 11.0. The SMILES string of the molecule is CCCN1C(=O)c2cccc(OC)c2C1O. The Hall–Kier alpha value is -1.55. The van der Waals surface area contributed by atoms with Gasteiger partial charge in [-0.3, -0.25) is 4.79 Å². The summed E-state index contributed by atoms with van der Waals surface area (Å²) in [4.78, 5) is 13.4. The number of amides is 1. The van der Waals surface area contributed by atoms with E-state index in [1.807, 2.05) is 6.92 Å². The van der Waals surface area contributed by atoms with Gasteiger partial charge in [0.2, 0.25) is 0 Å². The van der Waals surface area contributed by atoms with Gasteiger partial charge in [0, 0.05) is 6.54 Å². The van der Waals surface area contributed by atoms with Crippen molar-refractivity contribution in [3.63, 3.8) is 0 Å². The van der Waals surface area contributed by atoms with E-state index in [0.717, 1.165) is 6.42 Å². The molecule has 0 spiro atoms. The number of carbonyl (C=O) groups excluding carboxylic acids is 1. The van der Waals surface area contributed by atoms with Gasteiger partial charge in [-0.1, -0.05) is 13.0 Å². The van der Waals surface area contributed by atoms with Crippen molar-refractivity contribution in [3.05, 3.63) is 29.3 Å². The summed E-state index contributed by atoms with van der Waals surface area (Å²) in [6.45, 7) is 2.53. The number of benzene rings is 1. The smallest absolute Gasteiger partial charge is 0.256 e. The van der Waals surface area contributed by atoms with Crippen molar-refractivity contribution in [3.8, 4) is 5.75 Å². The third-order valence-electron chi connectivity index (χ3n) is 2.80. The molecule has 1 N–H and O–H groups in total. The second-order valence-electron chi connectivity index (χ2n) is 3.79. The molecule has 0 radical (unpaired) electrons. The van der Waals surface area contributed by atoms with Gasteiger partial charge in [-0.15, -0.1) is 0 Å². The van der Waals surface area contributed by atoms with Gasteiger partial charge in [0.1, 0.15) is 5.75 Å². The van der Waals surface area contributed by atoms with Gasteiger partial charge >= 0.3 is 0 Å². The lowest BCUT2D eigenvalue weighted by Crippen LogP contribution is -2.28. The molecule has 0 fully saturated rings. The number of ether oxygens (including phenoxy) is 1. The van der Waals surface area contributed by atoms with E-state index >= 15 is 0 Å². The molecule has 1 amide bonds. The molecule has 0 saturated heterocycles. The Kier molecular flexibility index (Phi) is 2.83. The number of hydrogen-bond acceptors (Lipinski definition) is 3. The standard InChI is InChI=1S/C12H15NO3/c1-3-7-13-11(14)8-5-4-6-9(16-2)10(8)12(13)15/h4-6,12,15H,3,7H2,1-2H3. The first-order valence-electron chi connectivity index (χ1n) is 5.36. The molecule has 1 aliphatic rings. The predicted molar refractivity (Wildman–Crippen MR) is 59.3 cm³/mol. The minimum absolute atomic E-state index is 0.122. The van der Waals surface area contributed by atoms with E-state index < -0.39 is 6.23 Å². The molecule has 1 aliphatic heterocycles. The Labute approximate surface area is 94.4 Å². The average Bonchev–Trinajstić information content (AvgIpc) is 2.55. The lowest BCUT2D eigenvalue weighted by molar-refractivity contribution is 0.0169. The molecule has 1 aromatic rings. The predicted octanol–water partition coefficient (Wildman–Crippen LogP) is 1.55. The summed E-state index contributed by atoms with van der Waals surface area (Å²) in [5.41, 5.74) is 1.13. The molecule has 16 heavy (non-hydrogen) atoms. The Morgan fingerprint density at radius 1 is 1.50 bits per heavy atom. The number of hydrogen-bond donors (Lipinski definition) is 1. The highest BCUT2D eigenvalue weighted by molar-refractivity contribution is 5.99. The molecule has 1 atom stereocenters. The molecule has 0 bridgehead atoms. The van der Waals surface area contributed by atoms with Gasteiger partial charge < -0.3 is 14.7 Å². The van der Waals surface area contributed by atoms with Gasteiger partial charge in [-0.05, 0) is 18.6 Å². The van der Waals surface area contributed by atoms with Crippen LogP contribution in [0.2, 0.25) is 0 Å². The molecule has 1 unspecified atom stereocenters. The molecular formula is C12H15NO3. The van der Waals surface area contributed by atoms with Gasteiger partial charge in [-0.2, -0.15) is 0 Å². The Morgan fingerprint density at radius 3 is 2.88 bits per heavy atom. The maximum Gasteiger partial charge on any atom is 0.256 e. The molecule has 0 aliphatic carbocycles. The van der Waals surface area contributed by atoms with Crippen molar-refractivity contribution >= 4 is 5.91 Å². The minimum atomic E-state index is -0.876. The highest BCUT2D eigenvalue weighted by Gasteiger charge is 2.37. The summed E-state index contributed by atoms with van der Waals surface area (Å²) < 4.78 is 5.16. The van der Waals surface area contributed by atoms with E-state index in [4.69, 9.17) is 4.74 Å². The van der Waals surface area contributed by atoms with Crippen LogP contribution in [0.4, 0.5) is 0 Å². The van der Waals surface area contributed by atoms with Crippen LogP contribution in [0.25, 0.3) is 0 Å². The maximum absolute atomic E-state index is 12.0. The first-order valence-corrected chi connectivity index (χ1v) is 5.36. The van der Waals surface area contributed by atoms with E-state index in [0.29, 0.717) is 23.4 Å². The van der Waals surface area contributed by atoms with E-state index in [2.05, 4.69) is 0 Å². The second kappa shape index (κ2) is 4.14. The minimum Gasteiger partial charge on any atom is -0.496 e. The number of aliphatic hydroxyl groups is 1. The summed E-state index contributed by atoms with van der Waals surface area (Å²) in [6.07, 6.45) is -0.0577. The molecule has 4 heteroatoms. The highest BCUT2D eigenvalue weighted by atomic mass is 16.5. The summed E-state index contributed by atoms with van der Waals surface area (Å²) in [5.74, 6) is 0.445. The molecular weight excluding hydrogens is 206 g/mol. The Morgan fingerprint density at radius 2 is 2.25 bits per heavy atom. The number of methoxy groups -OCH3 is 1. The summed E-state index contributed by atoms with van der Waals surface area (Å²) in [7, 11) is 1.54. The normalized spacial score (nSPS) is 18.8. The summed E-state index contributed by atoms with van der Waals surface area (Å²) in [5, 5.41) is 10.1. The molecule has 1 aromatic carbocycles. The molecule has 86 valence electrons. The van der Waals surface area contributed by atoms with Gasteiger partial charge in [0.05, 0.1) is 18.2 Å². The number of nitrogens with zero attached hydrogens (tertiary/aromatic N) is 1. The summed E-state index contributed by atoms with van der Waals surface area (Å²) in [6, 6.07) is 5.24. The number of rotatable bonds is 3. The molecule has 1 heterocycles. The lowest BCUT2D eigenvalue weighted by Gasteiger charge is -2.20. The Balaban J connectivity index is 2.46. The van der Waals surface area contributed by atoms with Crippen molar-refractivity contribution < 1.29 is 14.6 Å². The quantitative estimate of drug-likeness (QED) is 0.842. The van der Waals surface area contributed by atoms with E-state index in [1.54, 1.807) is 18.2 Å². The zero-order chi connectivity index (χ0) is 11.7. The largest absolute Gasteiger partial charge is 0.496 e. The van der Waals surface area contributed by atoms with E-state index in [9.17, 15) is 9.90 Å². The topological polar surface area (TPSA) is 49.8 Å². The Bertz CT molecular complexity index is 417. The van der Waals surface area contributed by atoms with E-state index in [-0.39, 0.29) is 5.91 Å². The van der Waals surface area contributed by atoms with Crippen molar-refractivity contribution in [1.29, 1.82) is 0 Å². The van der Waals surface area contributed by atoms with Gasteiger partial charge in [-0.25, -0.2) is 0 Å². The third-order valence-corrected chi connectivity index (χ3v) is 2.80. The monoisotopic (exact) mass is 221 g/mol. The van der Waals surface area contributed by atoms with Crippen LogP contribution in [0.15, 0.2) is 18.2 Å². The fraction of sp³-hybridized carbons (Fsp3) is 0.417. The average molecular weight is 221 g/mol. The van der Waals surface area contributed by atoms with Gasteiger partial charge in [0.25, 0.3) is 5.91 Å². The third kappa shape index (κ3) is 1.46. The first-order chi connectivity index (χ1) is 7.70. The lowest BCUT2D eigenvalue weighted by atomic mass is 10.1. The van der Waals surface area contributed by atoms with Crippen LogP contribution in [0.3, 0.4) is 0 Å². The number of fused-ring (bicyclic) bond motifs is 1. The van der Waals surface area contributed by atoms with Gasteiger partial charge in [0.15, 0.2) is 6.23 Å². The van der Waals surface area contributed by atoms with Crippen LogP contribution in [0.5, 0.6) is 5.75 Å². The maximum atomic E-state index is 12.0. The van der Waals surface area contributed by atoms with E-state index in [1.165, 1.54) is 12.0 Å². The zero-order valence-corrected chi connectivity index (χ0v) is 9.43. The van der Waals surface area contributed by atoms with Crippen LogP contribution in [-0.4, -0.2) is 29.6 Å². The fourth-order valence-corrected chi connectivity index (χ4v) is 2.06. The van der Waals surface area contributed by atoms with Crippen LogP contribution < -0.4 is 4.74 Å².